The largest absolute Gasteiger partial charge is 0.308 e. The number of rotatable bonds is 4. The minimum atomic E-state index is 0.374. The topological polar surface area (TPSA) is 15.3 Å². The van der Waals surface area contributed by atoms with Gasteiger partial charge in [0.1, 0.15) is 0 Å². The minimum Gasteiger partial charge on any atom is -0.308 e. The quantitative estimate of drug-likeness (QED) is 0.835. The second kappa shape index (κ2) is 6.36. The van der Waals surface area contributed by atoms with Crippen LogP contribution in [0, 0.1) is 11.3 Å². The smallest absolute Gasteiger partial charge is 0.0309 e. The van der Waals surface area contributed by atoms with E-state index >= 15 is 0 Å². The van der Waals surface area contributed by atoms with Gasteiger partial charge in [-0.25, -0.2) is 0 Å². The predicted octanol–water partition coefficient (Wildman–Crippen LogP) is 4.06. The third-order valence-electron chi connectivity index (χ3n) is 5.50. The molecule has 1 saturated heterocycles. The third kappa shape index (κ3) is 3.76. The van der Waals surface area contributed by atoms with Crippen LogP contribution in [0.2, 0.25) is 0 Å². The molecule has 0 amide bonds. The van der Waals surface area contributed by atoms with Gasteiger partial charge >= 0.3 is 0 Å². The van der Waals surface area contributed by atoms with Gasteiger partial charge in [-0.05, 0) is 30.6 Å². The van der Waals surface area contributed by atoms with Crippen LogP contribution in [0.3, 0.4) is 0 Å². The molecule has 1 N–H and O–H groups in total. The Hall–Kier alpha value is -0.0800. The van der Waals surface area contributed by atoms with Crippen LogP contribution in [0.1, 0.15) is 73.1 Å². The lowest BCUT2D eigenvalue weighted by Crippen LogP contribution is -2.66. The number of piperazine rings is 1. The van der Waals surface area contributed by atoms with E-state index in [1.165, 1.54) is 58.2 Å². The molecule has 0 aromatic carbocycles. The normalized spacial score (nSPS) is 28.9. The molecule has 0 bridgehead atoms. The van der Waals surface area contributed by atoms with Crippen molar-refractivity contribution in [2.75, 3.05) is 19.6 Å². The van der Waals surface area contributed by atoms with Crippen LogP contribution < -0.4 is 5.32 Å². The van der Waals surface area contributed by atoms with Crippen molar-refractivity contribution < 1.29 is 0 Å². The van der Waals surface area contributed by atoms with Crippen molar-refractivity contribution in [3.8, 4) is 0 Å². The first kappa shape index (κ1) is 16.3. The highest BCUT2D eigenvalue weighted by Crippen LogP contribution is 2.37. The molecule has 2 fully saturated rings. The molecule has 1 saturated carbocycles. The van der Waals surface area contributed by atoms with Crippen molar-refractivity contribution in [1.82, 2.24) is 10.2 Å². The van der Waals surface area contributed by atoms with E-state index in [0.29, 0.717) is 17.0 Å². The van der Waals surface area contributed by atoms with Crippen molar-refractivity contribution in [2.45, 2.75) is 84.7 Å². The highest BCUT2D eigenvalue weighted by Gasteiger charge is 2.44. The Bertz CT molecular complexity index is 299. The SMILES string of the molecule is CCCC(C)CN1CC2(CCCC2)NCC1C(C)(C)C. The summed E-state index contributed by atoms with van der Waals surface area (Å²) in [6.07, 6.45) is 8.31. The molecule has 2 aliphatic rings. The van der Waals surface area contributed by atoms with Crippen LogP contribution >= 0.6 is 0 Å². The number of nitrogens with one attached hydrogen (secondary N) is 1. The van der Waals surface area contributed by atoms with Gasteiger partial charge in [0.2, 0.25) is 0 Å². The van der Waals surface area contributed by atoms with E-state index < -0.39 is 0 Å². The summed E-state index contributed by atoms with van der Waals surface area (Å²) in [4.78, 5) is 2.84. The average molecular weight is 280 g/mol. The van der Waals surface area contributed by atoms with Crippen LogP contribution in [0.25, 0.3) is 0 Å². The third-order valence-corrected chi connectivity index (χ3v) is 5.50. The highest BCUT2D eigenvalue weighted by molar-refractivity contribution is 5.03. The van der Waals surface area contributed by atoms with Crippen LogP contribution in [0.5, 0.6) is 0 Å². The Morgan fingerprint density at radius 3 is 2.45 bits per heavy atom. The van der Waals surface area contributed by atoms with Crippen molar-refractivity contribution >= 4 is 0 Å². The molecule has 2 heteroatoms. The molecule has 1 aliphatic heterocycles. The van der Waals surface area contributed by atoms with Crippen molar-refractivity contribution in [1.29, 1.82) is 0 Å². The van der Waals surface area contributed by atoms with E-state index in [0.717, 1.165) is 5.92 Å². The molecule has 20 heavy (non-hydrogen) atoms. The molecule has 0 aromatic heterocycles. The molecule has 2 rings (SSSR count). The Morgan fingerprint density at radius 1 is 1.25 bits per heavy atom. The van der Waals surface area contributed by atoms with Gasteiger partial charge in [-0.2, -0.15) is 0 Å². The maximum atomic E-state index is 3.94. The highest BCUT2D eigenvalue weighted by atomic mass is 15.3. The first-order valence-electron chi connectivity index (χ1n) is 8.85. The molecule has 118 valence electrons. The summed E-state index contributed by atoms with van der Waals surface area (Å²) in [5, 5.41) is 3.94. The maximum Gasteiger partial charge on any atom is 0.0309 e. The molecular formula is C18H36N2. The average Bonchev–Trinajstić information content (AvgIpc) is 2.76. The lowest BCUT2D eigenvalue weighted by molar-refractivity contribution is 0.0140. The van der Waals surface area contributed by atoms with Gasteiger partial charge < -0.3 is 5.32 Å². The fourth-order valence-electron chi connectivity index (χ4n) is 4.41. The fourth-order valence-corrected chi connectivity index (χ4v) is 4.41. The first-order chi connectivity index (χ1) is 9.36. The zero-order valence-corrected chi connectivity index (χ0v) is 14.5. The van der Waals surface area contributed by atoms with Gasteiger partial charge in [-0.3, -0.25) is 4.90 Å². The van der Waals surface area contributed by atoms with E-state index in [1.54, 1.807) is 0 Å². The predicted molar refractivity (Wildman–Crippen MR) is 88.1 cm³/mol. The van der Waals surface area contributed by atoms with Crippen molar-refractivity contribution in [3.63, 3.8) is 0 Å². The van der Waals surface area contributed by atoms with Gasteiger partial charge in [-0.15, -0.1) is 0 Å². The maximum absolute atomic E-state index is 3.94. The molecular weight excluding hydrogens is 244 g/mol. The molecule has 2 unspecified atom stereocenters. The Morgan fingerprint density at radius 2 is 1.90 bits per heavy atom. The molecule has 0 aromatic rings. The molecule has 2 nitrogen and oxygen atoms in total. The summed E-state index contributed by atoms with van der Waals surface area (Å²) in [7, 11) is 0. The van der Waals surface area contributed by atoms with Crippen LogP contribution in [-0.4, -0.2) is 36.1 Å². The van der Waals surface area contributed by atoms with Gasteiger partial charge in [0.15, 0.2) is 0 Å². The number of nitrogens with zero attached hydrogens (tertiary/aromatic N) is 1. The summed E-state index contributed by atoms with van der Waals surface area (Å²) in [6.45, 7) is 15.7. The van der Waals surface area contributed by atoms with Crippen LogP contribution in [-0.2, 0) is 0 Å². The van der Waals surface area contributed by atoms with E-state index in [9.17, 15) is 0 Å². The van der Waals surface area contributed by atoms with Crippen LogP contribution in [0.4, 0.5) is 0 Å². The summed E-state index contributed by atoms with van der Waals surface area (Å²) in [5.41, 5.74) is 0.826. The van der Waals surface area contributed by atoms with E-state index in [-0.39, 0.29) is 0 Å². The van der Waals surface area contributed by atoms with E-state index in [2.05, 4.69) is 44.8 Å². The van der Waals surface area contributed by atoms with E-state index in [1.807, 2.05) is 0 Å². The standard InChI is InChI=1S/C18H36N2/c1-6-9-15(2)13-20-14-18(10-7-8-11-18)19-12-16(20)17(3,4)5/h15-16,19H,6-14H2,1-5H3. The molecule has 1 spiro atoms. The van der Waals surface area contributed by atoms with Gasteiger partial charge in [0, 0.05) is 31.2 Å². The van der Waals surface area contributed by atoms with Crippen molar-refractivity contribution in [2.24, 2.45) is 11.3 Å². The monoisotopic (exact) mass is 280 g/mol. The zero-order chi connectivity index (χ0) is 14.8. The number of hydrogen-bond donors (Lipinski definition) is 1. The number of hydrogen-bond acceptors (Lipinski definition) is 2. The van der Waals surface area contributed by atoms with Gasteiger partial charge in [0.25, 0.3) is 0 Å². The Labute approximate surface area is 126 Å². The lowest BCUT2D eigenvalue weighted by Gasteiger charge is -2.51. The minimum absolute atomic E-state index is 0.374. The Kier molecular flexibility index (Phi) is 5.18. The first-order valence-corrected chi connectivity index (χ1v) is 8.85. The lowest BCUT2D eigenvalue weighted by atomic mass is 9.80. The van der Waals surface area contributed by atoms with E-state index in [4.69, 9.17) is 0 Å². The summed E-state index contributed by atoms with van der Waals surface area (Å²) in [5.74, 6) is 0.835. The zero-order valence-electron chi connectivity index (χ0n) is 14.5. The Balaban J connectivity index is 2.06. The molecule has 1 heterocycles. The molecule has 1 aliphatic carbocycles. The fraction of sp³-hybridized carbons (Fsp3) is 1.00. The molecule has 0 radical (unpaired) electrons. The second-order valence-electron chi connectivity index (χ2n) is 8.57. The van der Waals surface area contributed by atoms with Crippen molar-refractivity contribution in [3.05, 3.63) is 0 Å². The second-order valence-corrected chi connectivity index (χ2v) is 8.57. The summed E-state index contributed by atoms with van der Waals surface area (Å²) < 4.78 is 0. The summed E-state index contributed by atoms with van der Waals surface area (Å²) in [6, 6.07) is 0.688. The van der Waals surface area contributed by atoms with Gasteiger partial charge in [-0.1, -0.05) is 53.9 Å². The van der Waals surface area contributed by atoms with Crippen LogP contribution in [0.15, 0.2) is 0 Å². The summed E-state index contributed by atoms with van der Waals surface area (Å²) >= 11 is 0. The van der Waals surface area contributed by atoms with Gasteiger partial charge in [0.05, 0.1) is 0 Å². The molecule has 2 atom stereocenters.